The number of hydrazine groups is 1. The molecule has 26 heavy (non-hydrogen) atoms. The van der Waals surface area contributed by atoms with Crippen molar-refractivity contribution in [3.05, 3.63) is 17.5 Å². The summed E-state index contributed by atoms with van der Waals surface area (Å²) in [5, 5.41) is 9.91. The second-order valence-corrected chi connectivity index (χ2v) is 6.60. The molecule has 2 amide bonds. The summed E-state index contributed by atoms with van der Waals surface area (Å²) in [6.45, 7) is 4.53. The number of nitrogens with zero attached hydrogens (tertiary/aromatic N) is 4. The molecule has 0 saturated heterocycles. The van der Waals surface area contributed by atoms with Crippen molar-refractivity contribution in [3.8, 4) is 0 Å². The third-order valence-corrected chi connectivity index (χ3v) is 3.74. The number of anilines is 1. The zero-order chi connectivity index (χ0) is 19.5. The van der Waals surface area contributed by atoms with E-state index >= 15 is 0 Å². The molecule has 1 rings (SSSR count). The number of carbonyl (C=O) groups excluding carboxylic acids is 2. The molecule has 1 atom stereocenters. The number of carbonyl (C=O) groups is 2. The normalized spacial score (nSPS) is 11.9. The van der Waals surface area contributed by atoms with Gasteiger partial charge in [-0.3, -0.25) is 25.6 Å². The molecule has 0 spiro atoms. The Morgan fingerprint density at radius 2 is 2.08 bits per heavy atom. The Hall–Kier alpha value is -2.26. The Labute approximate surface area is 154 Å². The van der Waals surface area contributed by atoms with E-state index in [0.29, 0.717) is 30.4 Å². The highest BCUT2D eigenvalue weighted by Gasteiger charge is 2.20. The number of hydroxylamine groups is 2. The van der Waals surface area contributed by atoms with Gasteiger partial charge in [0.2, 0.25) is 18.3 Å². The predicted octanol–water partition coefficient (Wildman–Crippen LogP) is 1.33. The van der Waals surface area contributed by atoms with Gasteiger partial charge in [0.25, 0.3) is 0 Å². The molecule has 3 N–H and O–H groups in total. The molecule has 1 heterocycles. The molecule has 0 aliphatic carbocycles. The number of aryl methyl sites for hydroxylation is 1. The molecule has 9 nitrogen and oxygen atoms in total. The van der Waals surface area contributed by atoms with Crippen LogP contribution in [0.2, 0.25) is 0 Å². The maximum absolute atomic E-state index is 12.4. The topological polar surface area (TPSA) is 111 Å². The maximum Gasteiger partial charge on any atom is 0.243 e. The Morgan fingerprint density at radius 1 is 1.35 bits per heavy atom. The van der Waals surface area contributed by atoms with Crippen LogP contribution in [0.4, 0.5) is 5.95 Å². The van der Waals surface area contributed by atoms with Crippen LogP contribution in [0.1, 0.15) is 44.0 Å². The van der Waals surface area contributed by atoms with Gasteiger partial charge in [-0.15, -0.1) is 0 Å². The first-order valence-electron chi connectivity index (χ1n) is 8.81. The van der Waals surface area contributed by atoms with Crippen LogP contribution >= 0.6 is 0 Å². The maximum atomic E-state index is 12.4. The first-order valence-corrected chi connectivity index (χ1v) is 8.81. The molecule has 0 aromatic carbocycles. The van der Waals surface area contributed by atoms with E-state index in [1.54, 1.807) is 0 Å². The summed E-state index contributed by atoms with van der Waals surface area (Å²) in [4.78, 5) is 33.7. The third-order valence-electron chi connectivity index (χ3n) is 3.74. The van der Waals surface area contributed by atoms with Crippen LogP contribution in [0.15, 0.2) is 6.07 Å². The summed E-state index contributed by atoms with van der Waals surface area (Å²) in [7, 11) is 3.89. The molecule has 0 saturated carbocycles. The molecular weight excluding hydrogens is 336 g/mol. The highest BCUT2D eigenvalue weighted by atomic mass is 16.5. The minimum absolute atomic E-state index is 0.0543. The smallest absolute Gasteiger partial charge is 0.243 e. The monoisotopic (exact) mass is 366 g/mol. The van der Waals surface area contributed by atoms with E-state index < -0.39 is 5.92 Å². The lowest BCUT2D eigenvalue weighted by Gasteiger charge is -2.20. The van der Waals surface area contributed by atoms with Gasteiger partial charge in [0.05, 0.1) is 18.2 Å². The standard InChI is InChI=1S/C17H30N6O3/c1-5-6-7-8-14(10-23(26)12-24)16(25)20-21-17-18-13(2)9-15(19-17)11-22(3)4/h9,12,14,26H,5-8,10-11H2,1-4H3,(H,20,25)(H,18,19,21). The van der Waals surface area contributed by atoms with Crippen molar-refractivity contribution in [2.75, 3.05) is 26.1 Å². The van der Waals surface area contributed by atoms with Gasteiger partial charge < -0.3 is 4.90 Å². The highest BCUT2D eigenvalue weighted by molar-refractivity contribution is 5.80. The second-order valence-electron chi connectivity index (χ2n) is 6.60. The molecule has 0 fully saturated rings. The number of hydrogen-bond acceptors (Lipinski definition) is 7. The molecule has 1 aromatic rings. The number of nitrogens with one attached hydrogen (secondary N) is 2. The van der Waals surface area contributed by atoms with Crippen molar-refractivity contribution in [2.24, 2.45) is 5.92 Å². The first kappa shape index (κ1) is 21.8. The van der Waals surface area contributed by atoms with Crippen LogP contribution in [0.25, 0.3) is 0 Å². The van der Waals surface area contributed by atoms with E-state index in [1.165, 1.54) is 0 Å². The lowest BCUT2D eigenvalue weighted by atomic mass is 10.0. The summed E-state index contributed by atoms with van der Waals surface area (Å²) in [5.74, 6) is -0.532. The number of unbranched alkanes of at least 4 members (excludes halogenated alkanes) is 2. The van der Waals surface area contributed by atoms with Gasteiger partial charge in [0, 0.05) is 12.2 Å². The number of hydrogen-bond donors (Lipinski definition) is 3. The Balaban J connectivity index is 2.70. The minimum atomic E-state index is -0.518. The zero-order valence-corrected chi connectivity index (χ0v) is 16.0. The summed E-state index contributed by atoms with van der Waals surface area (Å²) in [6.07, 6.45) is 3.72. The largest absolute Gasteiger partial charge is 0.304 e. The molecule has 0 bridgehead atoms. The van der Waals surface area contributed by atoms with Crippen LogP contribution in [-0.2, 0) is 16.1 Å². The van der Waals surface area contributed by atoms with Crippen molar-refractivity contribution in [3.63, 3.8) is 0 Å². The van der Waals surface area contributed by atoms with Gasteiger partial charge in [-0.2, -0.15) is 0 Å². The Morgan fingerprint density at radius 3 is 2.69 bits per heavy atom. The Kier molecular flexibility index (Phi) is 9.53. The number of rotatable bonds is 12. The molecule has 146 valence electrons. The van der Waals surface area contributed by atoms with E-state index in [0.717, 1.165) is 30.7 Å². The van der Waals surface area contributed by atoms with E-state index in [4.69, 9.17) is 0 Å². The van der Waals surface area contributed by atoms with Crippen LogP contribution in [0.3, 0.4) is 0 Å². The summed E-state index contributed by atoms with van der Waals surface area (Å²) in [6, 6.07) is 1.88. The average Bonchev–Trinajstić information content (AvgIpc) is 2.57. The van der Waals surface area contributed by atoms with Crippen molar-refractivity contribution in [1.82, 2.24) is 25.4 Å². The fraction of sp³-hybridized carbons (Fsp3) is 0.647. The number of aromatic nitrogens is 2. The third kappa shape index (κ3) is 8.21. The predicted molar refractivity (Wildman–Crippen MR) is 98.1 cm³/mol. The van der Waals surface area contributed by atoms with Crippen LogP contribution in [0.5, 0.6) is 0 Å². The van der Waals surface area contributed by atoms with Gasteiger partial charge in [0.15, 0.2) is 0 Å². The van der Waals surface area contributed by atoms with E-state index in [1.807, 2.05) is 32.0 Å². The molecule has 0 aliphatic heterocycles. The SMILES string of the molecule is CCCCCC(CN(O)C=O)C(=O)NNc1nc(C)cc(CN(C)C)n1. The molecular formula is C17H30N6O3. The van der Waals surface area contributed by atoms with Gasteiger partial charge in [-0.05, 0) is 33.5 Å². The summed E-state index contributed by atoms with van der Waals surface area (Å²) in [5.41, 5.74) is 6.94. The van der Waals surface area contributed by atoms with Crippen LogP contribution in [0, 0.1) is 12.8 Å². The van der Waals surface area contributed by atoms with Gasteiger partial charge in [0.1, 0.15) is 0 Å². The number of amides is 2. The fourth-order valence-corrected chi connectivity index (χ4v) is 2.53. The van der Waals surface area contributed by atoms with Crippen molar-refractivity contribution in [1.29, 1.82) is 0 Å². The molecule has 0 radical (unpaired) electrons. The summed E-state index contributed by atoms with van der Waals surface area (Å²) >= 11 is 0. The van der Waals surface area contributed by atoms with Crippen LogP contribution < -0.4 is 10.9 Å². The Bertz CT molecular complexity index is 582. The first-order chi connectivity index (χ1) is 12.3. The van der Waals surface area contributed by atoms with Crippen molar-refractivity contribution >= 4 is 18.3 Å². The van der Waals surface area contributed by atoms with Gasteiger partial charge >= 0.3 is 0 Å². The zero-order valence-electron chi connectivity index (χ0n) is 16.0. The average molecular weight is 366 g/mol. The molecule has 9 heteroatoms. The van der Waals surface area contributed by atoms with Gasteiger partial charge in [-0.25, -0.2) is 15.0 Å². The van der Waals surface area contributed by atoms with E-state index in [-0.39, 0.29) is 12.5 Å². The fourth-order valence-electron chi connectivity index (χ4n) is 2.53. The highest BCUT2D eigenvalue weighted by Crippen LogP contribution is 2.12. The van der Waals surface area contributed by atoms with Gasteiger partial charge in [-0.1, -0.05) is 26.2 Å². The molecule has 0 aliphatic rings. The minimum Gasteiger partial charge on any atom is -0.304 e. The molecule has 1 aromatic heterocycles. The van der Waals surface area contributed by atoms with E-state index in [2.05, 4.69) is 27.7 Å². The van der Waals surface area contributed by atoms with E-state index in [9.17, 15) is 14.8 Å². The van der Waals surface area contributed by atoms with Crippen molar-refractivity contribution in [2.45, 2.75) is 46.1 Å². The lowest BCUT2D eigenvalue weighted by molar-refractivity contribution is -0.154. The lowest BCUT2D eigenvalue weighted by Crippen LogP contribution is -2.40. The van der Waals surface area contributed by atoms with Crippen LogP contribution in [-0.4, -0.2) is 58.1 Å². The molecule has 1 unspecified atom stereocenters. The van der Waals surface area contributed by atoms with Crippen molar-refractivity contribution < 1.29 is 14.8 Å². The quantitative estimate of drug-likeness (QED) is 0.221. The second kappa shape index (κ2) is 11.4. The summed E-state index contributed by atoms with van der Waals surface area (Å²) < 4.78 is 0.